The molecule has 8 heteroatoms. The van der Waals surface area contributed by atoms with Crippen molar-refractivity contribution in [1.82, 2.24) is 15.6 Å². The Morgan fingerprint density at radius 1 is 1.20 bits per heavy atom. The molecule has 0 spiro atoms. The third-order valence-electron chi connectivity index (χ3n) is 4.54. The Kier molecular flexibility index (Phi) is 6.39. The smallest absolute Gasteiger partial charge is 0.253 e. The highest BCUT2D eigenvalue weighted by atomic mass is 35.5. The molecule has 7 nitrogen and oxygen atoms in total. The third-order valence-corrected chi connectivity index (χ3v) is 4.54. The van der Waals surface area contributed by atoms with Gasteiger partial charge in [-0.2, -0.15) is 0 Å². The van der Waals surface area contributed by atoms with E-state index in [0.717, 1.165) is 19.4 Å². The van der Waals surface area contributed by atoms with Gasteiger partial charge < -0.3 is 10.2 Å². The van der Waals surface area contributed by atoms with E-state index in [1.54, 1.807) is 24.3 Å². The first kappa shape index (κ1) is 19.2. The Morgan fingerprint density at radius 2 is 1.92 bits per heavy atom. The summed E-state index contributed by atoms with van der Waals surface area (Å²) in [6.07, 6.45) is 2.48. The molecule has 0 saturated carbocycles. The zero-order valence-corrected chi connectivity index (χ0v) is 15.0. The molecule has 2 aliphatic heterocycles. The molecule has 0 aromatic heterocycles. The maximum atomic E-state index is 12.6. The number of carbonyl (C=O) groups is 3. The van der Waals surface area contributed by atoms with Crippen LogP contribution < -0.4 is 15.8 Å². The van der Waals surface area contributed by atoms with E-state index < -0.39 is 0 Å². The monoisotopic (exact) mass is 366 g/mol. The lowest BCUT2D eigenvalue weighted by molar-refractivity contribution is -0.130. The van der Waals surface area contributed by atoms with Gasteiger partial charge in [0.05, 0.1) is 5.69 Å². The van der Waals surface area contributed by atoms with Crippen LogP contribution in [0.25, 0.3) is 0 Å². The van der Waals surface area contributed by atoms with E-state index in [1.807, 2.05) is 11.9 Å². The number of hydrogen-bond acceptors (Lipinski definition) is 4. The Morgan fingerprint density at radius 3 is 2.60 bits per heavy atom. The van der Waals surface area contributed by atoms with Crippen LogP contribution in [0.15, 0.2) is 24.3 Å². The van der Waals surface area contributed by atoms with Crippen molar-refractivity contribution in [2.75, 3.05) is 25.1 Å². The minimum absolute atomic E-state index is 0. The Hall–Kier alpha value is -2.12. The highest BCUT2D eigenvalue weighted by Crippen LogP contribution is 2.19. The van der Waals surface area contributed by atoms with E-state index in [-0.39, 0.29) is 43.0 Å². The number of piperidine rings is 1. The number of nitrogens with one attached hydrogen (secondary N) is 2. The Balaban J connectivity index is 0.00000225. The standard InChI is InChI=1S/C17H22N4O3.ClH/c1-18-13-3-2-10-20(11-13)17(24)12-4-6-14(7-5-12)21-16(23)9-8-15(22)19-21;/h4-7,13,18H,2-3,8-11H2,1H3,(H,19,22);1H. The number of halogens is 1. The second-order valence-electron chi connectivity index (χ2n) is 6.19. The molecule has 136 valence electrons. The number of hydrazine groups is 1. The minimum atomic E-state index is -0.179. The maximum absolute atomic E-state index is 12.6. The predicted octanol–water partition coefficient (Wildman–Crippen LogP) is 1.09. The van der Waals surface area contributed by atoms with Crippen LogP contribution in [0.5, 0.6) is 0 Å². The first-order valence-corrected chi connectivity index (χ1v) is 8.27. The van der Waals surface area contributed by atoms with Gasteiger partial charge in [-0.3, -0.25) is 19.8 Å². The average molecular weight is 367 g/mol. The number of anilines is 1. The summed E-state index contributed by atoms with van der Waals surface area (Å²) in [4.78, 5) is 37.8. The molecule has 2 heterocycles. The van der Waals surface area contributed by atoms with Crippen LogP contribution in [0, 0.1) is 0 Å². The predicted molar refractivity (Wildman–Crippen MR) is 96.5 cm³/mol. The summed E-state index contributed by atoms with van der Waals surface area (Å²) in [6.45, 7) is 1.47. The molecular formula is C17H23ClN4O3. The van der Waals surface area contributed by atoms with E-state index >= 15 is 0 Å². The van der Waals surface area contributed by atoms with E-state index in [0.29, 0.717) is 23.8 Å². The normalized spacial score (nSPS) is 20.8. The first-order valence-electron chi connectivity index (χ1n) is 8.27. The van der Waals surface area contributed by atoms with Crippen molar-refractivity contribution in [2.24, 2.45) is 0 Å². The number of benzene rings is 1. The van der Waals surface area contributed by atoms with E-state index in [4.69, 9.17) is 0 Å². The van der Waals surface area contributed by atoms with Crippen molar-refractivity contribution in [3.63, 3.8) is 0 Å². The van der Waals surface area contributed by atoms with Gasteiger partial charge >= 0.3 is 0 Å². The van der Waals surface area contributed by atoms with Crippen molar-refractivity contribution in [2.45, 2.75) is 31.7 Å². The Bertz CT molecular complexity index is 650. The molecule has 3 amide bonds. The SMILES string of the molecule is CNC1CCCN(C(=O)c2ccc(N3NC(=O)CCC3=O)cc2)C1.Cl. The fraction of sp³-hybridized carbons (Fsp3) is 0.471. The van der Waals surface area contributed by atoms with E-state index in [2.05, 4.69) is 10.7 Å². The number of nitrogens with zero attached hydrogens (tertiary/aromatic N) is 2. The number of amides is 3. The van der Waals surface area contributed by atoms with Gasteiger partial charge in [0.2, 0.25) is 11.8 Å². The van der Waals surface area contributed by atoms with Gasteiger partial charge in [0, 0.05) is 37.5 Å². The number of likely N-dealkylation sites (tertiary alicyclic amines) is 1. The minimum Gasteiger partial charge on any atom is -0.337 e. The van der Waals surface area contributed by atoms with Gasteiger partial charge in [-0.25, -0.2) is 5.01 Å². The fourth-order valence-corrected chi connectivity index (χ4v) is 3.12. The zero-order chi connectivity index (χ0) is 17.1. The topological polar surface area (TPSA) is 81.8 Å². The van der Waals surface area contributed by atoms with Crippen molar-refractivity contribution in [3.8, 4) is 0 Å². The fourth-order valence-electron chi connectivity index (χ4n) is 3.12. The van der Waals surface area contributed by atoms with Crippen LogP contribution >= 0.6 is 12.4 Å². The van der Waals surface area contributed by atoms with Crippen LogP contribution in [0.3, 0.4) is 0 Å². The van der Waals surface area contributed by atoms with Crippen LogP contribution in [-0.4, -0.2) is 48.8 Å². The zero-order valence-electron chi connectivity index (χ0n) is 14.2. The summed E-state index contributed by atoms with van der Waals surface area (Å²) >= 11 is 0. The number of likely N-dealkylation sites (N-methyl/N-ethyl adjacent to an activating group) is 1. The number of carbonyl (C=O) groups excluding carboxylic acids is 3. The summed E-state index contributed by atoms with van der Waals surface area (Å²) < 4.78 is 0. The summed E-state index contributed by atoms with van der Waals surface area (Å²) in [7, 11) is 1.91. The second kappa shape index (κ2) is 8.31. The molecule has 1 aromatic carbocycles. The molecule has 1 unspecified atom stereocenters. The molecule has 1 aromatic rings. The highest BCUT2D eigenvalue weighted by molar-refractivity contribution is 6.01. The second-order valence-corrected chi connectivity index (χ2v) is 6.19. The van der Waals surface area contributed by atoms with Crippen LogP contribution in [0.2, 0.25) is 0 Å². The molecule has 25 heavy (non-hydrogen) atoms. The molecule has 1 atom stereocenters. The molecular weight excluding hydrogens is 344 g/mol. The van der Waals surface area contributed by atoms with Gasteiger partial charge in [-0.1, -0.05) is 0 Å². The number of rotatable bonds is 3. The molecule has 0 radical (unpaired) electrons. The van der Waals surface area contributed by atoms with Gasteiger partial charge in [0.25, 0.3) is 5.91 Å². The van der Waals surface area contributed by atoms with E-state index in [1.165, 1.54) is 5.01 Å². The lowest BCUT2D eigenvalue weighted by atomic mass is 10.0. The molecule has 2 aliphatic rings. The number of hydrogen-bond donors (Lipinski definition) is 2. The summed E-state index contributed by atoms with van der Waals surface area (Å²) in [5.74, 6) is -0.335. The largest absolute Gasteiger partial charge is 0.337 e. The lowest BCUT2D eigenvalue weighted by Crippen LogP contribution is -2.50. The molecule has 2 saturated heterocycles. The van der Waals surface area contributed by atoms with Crippen molar-refractivity contribution in [3.05, 3.63) is 29.8 Å². The van der Waals surface area contributed by atoms with Gasteiger partial charge in [-0.05, 0) is 44.2 Å². The Labute approximate surface area is 153 Å². The molecule has 0 aliphatic carbocycles. The van der Waals surface area contributed by atoms with Gasteiger partial charge in [-0.15, -0.1) is 12.4 Å². The molecule has 2 N–H and O–H groups in total. The van der Waals surface area contributed by atoms with Gasteiger partial charge in [0.1, 0.15) is 0 Å². The maximum Gasteiger partial charge on any atom is 0.253 e. The van der Waals surface area contributed by atoms with Crippen molar-refractivity contribution in [1.29, 1.82) is 0 Å². The molecule has 2 fully saturated rings. The molecule has 0 bridgehead atoms. The van der Waals surface area contributed by atoms with Crippen LogP contribution in [0.4, 0.5) is 5.69 Å². The summed E-state index contributed by atoms with van der Waals surface area (Å²) in [5.41, 5.74) is 3.70. The average Bonchev–Trinajstić information content (AvgIpc) is 2.63. The van der Waals surface area contributed by atoms with E-state index in [9.17, 15) is 14.4 Å². The first-order chi connectivity index (χ1) is 11.6. The van der Waals surface area contributed by atoms with Gasteiger partial charge in [0.15, 0.2) is 0 Å². The third kappa shape index (κ3) is 4.29. The highest BCUT2D eigenvalue weighted by Gasteiger charge is 2.26. The lowest BCUT2D eigenvalue weighted by Gasteiger charge is -2.32. The molecule has 3 rings (SSSR count). The van der Waals surface area contributed by atoms with Crippen molar-refractivity contribution < 1.29 is 14.4 Å². The van der Waals surface area contributed by atoms with Crippen LogP contribution in [0.1, 0.15) is 36.0 Å². The quantitative estimate of drug-likeness (QED) is 0.839. The summed E-state index contributed by atoms with van der Waals surface area (Å²) in [5, 5.41) is 4.47. The van der Waals surface area contributed by atoms with Crippen LogP contribution in [-0.2, 0) is 9.59 Å². The summed E-state index contributed by atoms with van der Waals surface area (Å²) in [6, 6.07) is 7.12. The van der Waals surface area contributed by atoms with Crippen molar-refractivity contribution >= 4 is 35.8 Å².